The van der Waals surface area contributed by atoms with Gasteiger partial charge in [-0.15, -0.1) is 0 Å². The molecular weight excluding hydrogens is 342 g/mol. The zero-order valence-corrected chi connectivity index (χ0v) is 16.9. The number of aromatic nitrogens is 1. The van der Waals surface area contributed by atoms with Gasteiger partial charge in [0.15, 0.2) is 0 Å². The van der Waals surface area contributed by atoms with Crippen molar-refractivity contribution in [1.82, 2.24) is 4.98 Å². The molecule has 2 nitrogen and oxygen atoms in total. The van der Waals surface area contributed by atoms with E-state index in [1.165, 1.54) is 27.3 Å². The van der Waals surface area contributed by atoms with Crippen LogP contribution in [0.15, 0.2) is 54.7 Å². The molecule has 0 spiro atoms. The third kappa shape index (κ3) is 2.59. The predicted octanol–water partition coefficient (Wildman–Crippen LogP) is 7.48. The molecule has 5 rings (SSSR count). The van der Waals surface area contributed by atoms with Gasteiger partial charge in [-0.05, 0) is 58.2 Å². The largest absolute Gasteiger partial charge is 0.456 e. The summed E-state index contributed by atoms with van der Waals surface area (Å²) in [7, 11) is 0. The molecular formula is C26H25NO. The van der Waals surface area contributed by atoms with E-state index in [0.29, 0.717) is 11.8 Å². The number of hydrogen-bond donors (Lipinski definition) is 0. The van der Waals surface area contributed by atoms with Crippen molar-refractivity contribution in [3.63, 3.8) is 0 Å². The Kier molecular flexibility index (Phi) is 3.90. The van der Waals surface area contributed by atoms with Gasteiger partial charge in [0, 0.05) is 17.3 Å². The van der Waals surface area contributed by atoms with Gasteiger partial charge in [0.05, 0.1) is 11.1 Å². The molecule has 0 radical (unpaired) electrons. The molecule has 0 amide bonds. The summed E-state index contributed by atoms with van der Waals surface area (Å²) in [5.74, 6) is 2.89. The van der Waals surface area contributed by atoms with Crippen LogP contribution in [-0.4, -0.2) is 4.98 Å². The van der Waals surface area contributed by atoms with Crippen LogP contribution in [0.4, 0.5) is 0 Å². The van der Waals surface area contributed by atoms with Gasteiger partial charge in [-0.25, -0.2) is 0 Å². The number of benzene rings is 3. The van der Waals surface area contributed by atoms with Crippen molar-refractivity contribution in [1.29, 1.82) is 0 Å². The van der Waals surface area contributed by atoms with Crippen molar-refractivity contribution in [3.05, 3.63) is 65.9 Å². The van der Waals surface area contributed by atoms with Gasteiger partial charge in [-0.3, -0.25) is 4.98 Å². The second kappa shape index (κ2) is 6.34. The fraction of sp³-hybridized carbons (Fsp3) is 0.269. The van der Waals surface area contributed by atoms with E-state index in [2.05, 4.69) is 76.2 Å². The van der Waals surface area contributed by atoms with Crippen molar-refractivity contribution in [2.75, 3.05) is 0 Å². The Morgan fingerprint density at radius 3 is 2.54 bits per heavy atom. The van der Waals surface area contributed by atoms with Crippen LogP contribution in [-0.2, 0) is 6.42 Å². The van der Waals surface area contributed by atoms with Crippen molar-refractivity contribution in [2.24, 2.45) is 5.92 Å². The summed E-state index contributed by atoms with van der Waals surface area (Å²) >= 11 is 0. The SMILES string of the molecule is CC(C)Cc1cc2c3c(nccc3c1)-c1cc3ccccc3c(C(C)C)c1O2. The highest BCUT2D eigenvalue weighted by Gasteiger charge is 2.27. The lowest BCUT2D eigenvalue weighted by Gasteiger charge is -2.26. The van der Waals surface area contributed by atoms with Gasteiger partial charge in [-0.2, -0.15) is 0 Å². The molecule has 140 valence electrons. The number of pyridine rings is 1. The second-order valence-corrected chi connectivity index (χ2v) is 8.59. The van der Waals surface area contributed by atoms with Crippen LogP contribution in [0, 0.1) is 5.92 Å². The first-order valence-corrected chi connectivity index (χ1v) is 10.2. The molecule has 28 heavy (non-hydrogen) atoms. The molecule has 0 N–H and O–H groups in total. The molecule has 0 aliphatic carbocycles. The summed E-state index contributed by atoms with van der Waals surface area (Å²) in [4.78, 5) is 4.80. The maximum absolute atomic E-state index is 6.63. The van der Waals surface area contributed by atoms with E-state index in [0.717, 1.165) is 34.6 Å². The van der Waals surface area contributed by atoms with Crippen LogP contribution in [0.2, 0.25) is 0 Å². The van der Waals surface area contributed by atoms with Gasteiger partial charge >= 0.3 is 0 Å². The number of ether oxygens (including phenoxy) is 1. The van der Waals surface area contributed by atoms with Crippen molar-refractivity contribution in [2.45, 2.75) is 40.0 Å². The molecule has 1 aromatic heterocycles. The highest BCUT2D eigenvalue weighted by atomic mass is 16.5. The summed E-state index contributed by atoms with van der Waals surface area (Å²) < 4.78 is 6.63. The smallest absolute Gasteiger partial charge is 0.140 e. The lowest BCUT2D eigenvalue weighted by Crippen LogP contribution is -2.05. The third-order valence-corrected chi connectivity index (χ3v) is 5.62. The first-order valence-electron chi connectivity index (χ1n) is 10.2. The molecule has 0 fully saturated rings. The molecule has 1 aliphatic heterocycles. The average Bonchev–Trinajstić information content (AvgIpc) is 2.65. The van der Waals surface area contributed by atoms with Gasteiger partial charge in [0.2, 0.25) is 0 Å². The number of fused-ring (bicyclic) bond motifs is 3. The molecule has 4 aromatic rings. The zero-order chi connectivity index (χ0) is 19.4. The van der Waals surface area contributed by atoms with Crippen LogP contribution in [0.3, 0.4) is 0 Å². The van der Waals surface area contributed by atoms with Gasteiger partial charge in [0.1, 0.15) is 11.5 Å². The van der Waals surface area contributed by atoms with Crippen LogP contribution in [0.25, 0.3) is 32.8 Å². The van der Waals surface area contributed by atoms with Crippen molar-refractivity contribution in [3.8, 4) is 22.8 Å². The predicted molar refractivity (Wildman–Crippen MR) is 117 cm³/mol. The topological polar surface area (TPSA) is 22.1 Å². The van der Waals surface area contributed by atoms with E-state index in [-0.39, 0.29) is 0 Å². The van der Waals surface area contributed by atoms with Crippen LogP contribution >= 0.6 is 0 Å². The minimum absolute atomic E-state index is 0.361. The zero-order valence-electron chi connectivity index (χ0n) is 16.9. The van der Waals surface area contributed by atoms with E-state index in [1.54, 1.807) is 0 Å². The maximum atomic E-state index is 6.63. The molecule has 2 heteroatoms. The van der Waals surface area contributed by atoms with Crippen molar-refractivity contribution < 1.29 is 4.74 Å². The maximum Gasteiger partial charge on any atom is 0.140 e. The van der Waals surface area contributed by atoms with E-state index < -0.39 is 0 Å². The number of hydrogen-bond acceptors (Lipinski definition) is 2. The Bertz CT molecular complexity index is 1220. The Hall–Kier alpha value is -2.87. The first-order chi connectivity index (χ1) is 13.5. The van der Waals surface area contributed by atoms with E-state index in [9.17, 15) is 0 Å². The molecule has 0 saturated heterocycles. The standard InChI is InChI=1S/C26H25NO/c1-15(2)11-17-12-19-9-10-27-25-21-14-18-7-5-6-8-20(18)23(16(3)4)26(21)28-22(13-17)24(19)25/h5-10,12-16H,11H2,1-4H3. The minimum atomic E-state index is 0.361. The fourth-order valence-corrected chi connectivity index (χ4v) is 4.54. The highest BCUT2D eigenvalue weighted by Crippen LogP contribution is 2.50. The summed E-state index contributed by atoms with van der Waals surface area (Å²) in [6.07, 6.45) is 2.98. The third-order valence-electron chi connectivity index (χ3n) is 5.62. The summed E-state index contributed by atoms with van der Waals surface area (Å²) in [5.41, 5.74) is 4.74. The molecule has 3 aromatic carbocycles. The summed E-state index contributed by atoms with van der Waals surface area (Å²) in [6, 6.07) is 17.4. The number of nitrogens with zero attached hydrogens (tertiary/aromatic N) is 1. The second-order valence-electron chi connectivity index (χ2n) is 8.59. The van der Waals surface area contributed by atoms with E-state index in [4.69, 9.17) is 9.72 Å². The van der Waals surface area contributed by atoms with Gasteiger partial charge in [0.25, 0.3) is 0 Å². The average molecular weight is 367 g/mol. The molecule has 0 unspecified atom stereocenters. The summed E-state index contributed by atoms with van der Waals surface area (Å²) in [5, 5.41) is 4.85. The Morgan fingerprint density at radius 2 is 1.75 bits per heavy atom. The van der Waals surface area contributed by atoms with Gasteiger partial charge < -0.3 is 4.74 Å². The molecule has 2 heterocycles. The molecule has 0 atom stereocenters. The Balaban J connectivity index is 1.85. The van der Waals surface area contributed by atoms with E-state index >= 15 is 0 Å². The lowest BCUT2D eigenvalue weighted by molar-refractivity contribution is 0.477. The quantitative estimate of drug-likeness (QED) is 0.330. The monoisotopic (exact) mass is 367 g/mol. The van der Waals surface area contributed by atoms with E-state index in [1.807, 2.05) is 6.20 Å². The van der Waals surface area contributed by atoms with Crippen LogP contribution in [0.5, 0.6) is 11.5 Å². The summed E-state index contributed by atoms with van der Waals surface area (Å²) in [6.45, 7) is 8.99. The van der Waals surface area contributed by atoms with Crippen LogP contribution in [0.1, 0.15) is 44.7 Å². The highest BCUT2D eigenvalue weighted by molar-refractivity contribution is 6.06. The van der Waals surface area contributed by atoms with Crippen molar-refractivity contribution >= 4 is 21.5 Å². The minimum Gasteiger partial charge on any atom is -0.456 e. The Morgan fingerprint density at radius 1 is 0.929 bits per heavy atom. The van der Waals surface area contributed by atoms with Crippen LogP contribution < -0.4 is 4.74 Å². The molecule has 1 aliphatic rings. The van der Waals surface area contributed by atoms with Gasteiger partial charge in [-0.1, -0.05) is 58.0 Å². The normalized spacial score (nSPS) is 12.6. The Labute approximate surface area is 166 Å². The molecule has 0 bridgehead atoms. The molecule has 0 saturated carbocycles. The number of rotatable bonds is 3. The fourth-order valence-electron chi connectivity index (χ4n) is 4.54. The first kappa shape index (κ1) is 17.2. The lowest BCUT2D eigenvalue weighted by atomic mass is 9.88.